The first-order valence-electron chi connectivity index (χ1n) is 7.32. The van der Waals surface area contributed by atoms with E-state index in [1.54, 1.807) is 0 Å². The first-order valence-corrected chi connectivity index (χ1v) is 7.32. The van der Waals surface area contributed by atoms with Crippen LogP contribution in [0, 0.1) is 0 Å². The third-order valence-electron chi connectivity index (χ3n) is 3.48. The van der Waals surface area contributed by atoms with Gasteiger partial charge < -0.3 is 10.5 Å². The molecule has 0 heterocycles. The van der Waals surface area contributed by atoms with Gasteiger partial charge in [-0.05, 0) is 37.0 Å². The van der Waals surface area contributed by atoms with E-state index < -0.39 is 0 Å². The number of unbranched alkanes of at least 4 members (excludes halogenated alkanes) is 3. The fourth-order valence-corrected chi connectivity index (χ4v) is 2.15. The first-order chi connectivity index (χ1) is 8.79. The predicted octanol–water partition coefficient (Wildman–Crippen LogP) is 4.20. The Kier molecular flexibility index (Phi) is 5.06. The topological polar surface area (TPSA) is 35.2 Å². The fraction of sp³-hybridized carbons (Fsp3) is 0.625. The van der Waals surface area contributed by atoms with E-state index in [4.69, 9.17) is 10.5 Å². The van der Waals surface area contributed by atoms with E-state index in [9.17, 15) is 0 Å². The lowest BCUT2D eigenvalue weighted by Gasteiger charge is -2.13. The van der Waals surface area contributed by atoms with Crippen molar-refractivity contribution in [2.45, 2.75) is 64.0 Å². The average Bonchev–Trinajstić information content (AvgIpc) is 3.19. The second-order valence-corrected chi connectivity index (χ2v) is 5.35. The van der Waals surface area contributed by atoms with Gasteiger partial charge in [-0.3, -0.25) is 0 Å². The van der Waals surface area contributed by atoms with Crippen molar-refractivity contribution in [2.24, 2.45) is 5.73 Å². The molecule has 0 saturated heterocycles. The predicted molar refractivity (Wildman–Crippen MR) is 75.8 cm³/mol. The fourth-order valence-electron chi connectivity index (χ4n) is 2.15. The number of nitrogens with two attached hydrogens (primary N) is 1. The van der Waals surface area contributed by atoms with Gasteiger partial charge in [0.2, 0.25) is 0 Å². The zero-order valence-electron chi connectivity index (χ0n) is 11.4. The summed E-state index contributed by atoms with van der Waals surface area (Å²) < 4.78 is 5.80. The van der Waals surface area contributed by atoms with Gasteiger partial charge in [0.05, 0.1) is 6.10 Å². The van der Waals surface area contributed by atoms with Gasteiger partial charge in [-0.2, -0.15) is 0 Å². The Balaban J connectivity index is 1.82. The minimum absolute atomic E-state index is 0.157. The van der Waals surface area contributed by atoms with Gasteiger partial charge >= 0.3 is 0 Å². The van der Waals surface area contributed by atoms with E-state index in [0.717, 1.165) is 12.2 Å². The van der Waals surface area contributed by atoms with Crippen LogP contribution in [0.15, 0.2) is 24.3 Å². The van der Waals surface area contributed by atoms with Crippen molar-refractivity contribution in [1.82, 2.24) is 0 Å². The summed E-state index contributed by atoms with van der Waals surface area (Å²) in [5.41, 5.74) is 7.45. The van der Waals surface area contributed by atoms with Gasteiger partial charge in [0.1, 0.15) is 5.75 Å². The van der Waals surface area contributed by atoms with E-state index in [1.807, 2.05) is 6.07 Å². The highest BCUT2D eigenvalue weighted by Gasteiger charge is 2.23. The molecule has 1 aliphatic carbocycles. The summed E-state index contributed by atoms with van der Waals surface area (Å²) in [5, 5.41) is 0. The maximum Gasteiger partial charge on any atom is 0.120 e. The Hall–Kier alpha value is -1.02. The molecule has 1 aliphatic rings. The molecule has 0 bridgehead atoms. The van der Waals surface area contributed by atoms with E-state index >= 15 is 0 Å². The Morgan fingerprint density at radius 3 is 2.83 bits per heavy atom. The molecule has 2 heteroatoms. The van der Waals surface area contributed by atoms with Gasteiger partial charge in [-0.25, -0.2) is 0 Å². The molecular formula is C16H25NO. The van der Waals surface area contributed by atoms with Crippen LogP contribution in [0.4, 0.5) is 0 Å². The molecule has 2 rings (SSSR count). The number of benzene rings is 1. The van der Waals surface area contributed by atoms with Gasteiger partial charge in [0.15, 0.2) is 0 Å². The van der Waals surface area contributed by atoms with E-state index in [2.05, 4.69) is 25.1 Å². The third kappa shape index (κ3) is 4.34. The molecule has 2 N–H and O–H groups in total. The molecule has 1 aromatic rings. The lowest BCUT2D eigenvalue weighted by atomic mass is 10.0. The molecule has 0 radical (unpaired) electrons. The highest BCUT2D eigenvalue weighted by Crippen LogP contribution is 2.28. The van der Waals surface area contributed by atoms with Crippen molar-refractivity contribution in [3.63, 3.8) is 0 Å². The molecule has 2 nitrogen and oxygen atoms in total. The summed E-state index contributed by atoms with van der Waals surface area (Å²) in [7, 11) is 0. The molecular weight excluding hydrogens is 222 g/mol. The number of ether oxygens (including phenoxy) is 1. The third-order valence-corrected chi connectivity index (χ3v) is 3.48. The first kappa shape index (κ1) is 13.4. The number of hydrogen-bond donors (Lipinski definition) is 1. The molecule has 0 aliphatic heterocycles. The summed E-state index contributed by atoms with van der Waals surface area (Å²) >= 11 is 0. The van der Waals surface area contributed by atoms with Crippen LogP contribution >= 0.6 is 0 Å². The van der Waals surface area contributed by atoms with E-state index in [-0.39, 0.29) is 6.04 Å². The number of rotatable bonds is 8. The summed E-state index contributed by atoms with van der Waals surface area (Å²) in [6, 6.07) is 8.47. The monoisotopic (exact) mass is 247 g/mol. The standard InChI is InChI=1S/C16H25NO/c1-2-3-4-5-9-16(17)13-7-6-8-15(12-13)18-14-10-11-14/h6-8,12,14,16H,2-5,9-11,17H2,1H3. The second kappa shape index (κ2) is 6.79. The van der Waals surface area contributed by atoms with Crippen LogP contribution in [0.1, 0.15) is 63.5 Å². The SMILES string of the molecule is CCCCCCC(N)c1cccc(OC2CC2)c1. The molecule has 100 valence electrons. The molecule has 1 unspecified atom stereocenters. The second-order valence-electron chi connectivity index (χ2n) is 5.35. The van der Waals surface area contributed by atoms with Gasteiger partial charge in [-0.1, -0.05) is 44.7 Å². The average molecular weight is 247 g/mol. The van der Waals surface area contributed by atoms with Crippen molar-refractivity contribution in [2.75, 3.05) is 0 Å². The number of hydrogen-bond acceptors (Lipinski definition) is 2. The highest BCUT2D eigenvalue weighted by atomic mass is 16.5. The Labute approximate surface area is 111 Å². The van der Waals surface area contributed by atoms with Crippen LogP contribution in [-0.4, -0.2) is 6.10 Å². The van der Waals surface area contributed by atoms with E-state index in [1.165, 1.54) is 44.1 Å². The minimum Gasteiger partial charge on any atom is -0.490 e. The molecule has 1 atom stereocenters. The van der Waals surface area contributed by atoms with Gasteiger partial charge in [0, 0.05) is 6.04 Å². The van der Waals surface area contributed by atoms with Crippen LogP contribution in [0.25, 0.3) is 0 Å². The zero-order valence-corrected chi connectivity index (χ0v) is 11.4. The quantitative estimate of drug-likeness (QED) is 0.699. The maximum atomic E-state index is 6.24. The normalized spacial score (nSPS) is 16.6. The van der Waals surface area contributed by atoms with E-state index in [0.29, 0.717) is 6.10 Å². The summed E-state index contributed by atoms with van der Waals surface area (Å²) in [6.45, 7) is 2.23. The smallest absolute Gasteiger partial charge is 0.120 e. The Morgan fingerprint density at radius 2 is 2.11 bits per heavy atom. The maximum absolute atomic E-state index is 6.24. The van der Waals surface area contributed by atoms with Crippen LogP contribution in [0.5, 0.6) is 5.75 Å². The zero-order chi connectivity index (χ0) is 12.8. The van der Waals surface area contributed by atoms with Crippen molar-refractivity contribution in [1.29, 1.82) is 0 Å². The van der Waals surface area contributed by atoms with Crippen LogP contribution in [0.2, 0.25) is 0 Å². The summed E-state index contributed by atoms with van der Waals surface area (Å²) in [4.78, 5) is 0. The van der Waals surface area contributed by atoms with Gasteiger partial charge in [0.25, 0.3) is 0 Å². The summed E-state index contributed by atoms with van der Waals surface area (Å²) in [6.07, 6.45) is 9.05. The minimum atomic E-state index is 0.157. The molecule has 1 saturated carbocycles. The highest BCUT2D eigenvalue weighted by molar-refractivity contribution is 5.30. The molecule has 0 amide bonds. The van der Waals surface area contributed by atoms with Crippen molar-refractivity contribution in [3.05, 3.63) is 29.8 Å². The lowest BCUT2D eigenvalue weighted by Crippen LogP contribution is -2.10. The van der Waals surface area contributed by atoms with Crippen LogP contribution in [0.3, 0.4) is 0 Å². The van der Waals surface area contributed by atoms with Crippen LogP contribution < -0.4 is 10.5 Å². The molecule has 0 spiro atoms. The van der Waals surface area contributed by atoms with Crippen LogP contribution in [-0.2, 0) is 0 Å². The molecule has 18 heavy (non-hydrogen) atoms. The Morgan fingerprint density at radius 1 is 1.28 bits per heavy atom. The van der Waals surface area contributed by atoms with Gasteiger partial charge in [-0.15, -0.1) is 0 Å². The molecule has 1 fully saturated rings. The largest absolute Gasteiger partial charge is 0.490 e. The van der Waals surface area contributed by atoms with Crippen molar-refractivity contribution < 1.29 is 4.74 Å². The van der Waals surface area contributed by atoms with Crippen molar-refractivity contribution >= 4 is 0 Å². The molecule has 0 aromatic heterocycles. The summed E-state index contributed by atoms with van der Waals surface area (Å²) in [5.74, 6) is 0.985. The Bertz CT molecular complexity index is 360. The van der Waals surface area contributed by atoms with Crippen molar-refractivity contribution in [3.8, 4) is 5.75 Å². The lowest BCUT2D eigenvalue weighted by molar-refractivity contribution is 0.302. The molecule has 1 aromatic carbocycles.